The minimum Gasteiger partial charge on any atom is -0.338 e. The molecule has 0 N–H and O–H groups in total. The first-order valence-electron chi connectivity index (χ1n) is 6.81. The van der Waals surface area contributed by atoms with Gasteiger partial charge in [0.15, 0.2) is 0 Å². The quantitative estimate of drug-likeness (QED) is 0.484. The maximum Gasteiger partial charge on any atom is 0.222 e. The topological polar surface area (TPSA) is 20.3 Å². The second kappa shape index (κ2) is 9.15. The molecule has 19 heavy (non-hydrogen) atoms. The lowest BCUT2D eigenvalue weighted by Gasteiger charge is -2.22. The molecule has 1 rings (SSSR count). The molecule has 1 aromatic rings. The van der Waals surface area contributed by atoms with E-state index < -0.39 is 0 Å². The number of hydrogen-bond acceptors (Lipinski definition) is 1. The first kappa shape index (κ1) is 15.2. The Morgan fingerprint density at radius 2 is 1.79 bits per heavy atom. The number of nitrogens with zero attached hydrogens (tertiary/aromatic N) is 1. The van der Waals surface area contributed by atoms with Crippen LogP contribution in [0, 0.1) is 0 Å². The van der Waals surface area contributed by atoms with Gasteiger partial charge in [0.05, 0.1) is 0 Å². The summed E-state index contributed by atoms with van der Waals surface area (Å²) in [6.07, 6.45) is 6.91. The van der Waals surface area contributed by atoms with E-state index in [1.807, 2.05) is 35.3 Å². The molecule has 102 valence electrons. The largest absolute Gasteiger partial charge is 0.338 e. The second-order valence-electron chi connectivity index (χ2n) is 4.56. The maximum absolute atomic E-state index is 12.2. The molecule has 0 aliphatic carbocycles. The fraction of sp³-hybridized carbons (Fsp3) is 0.353. The van der Waals surface area contributed by atoms with Gasteiger partial charge < -0.3 is 4.90 Å². The molecule has 0 unspecified atom stereocenters. The summed E-state index contributed by atoms with van der Waals surface area (Å²) in [4.78, 5) is 14.1. The van der Waals surface area contributed by atoms with Crippen LogP contribution in [0.25, 0.3) is 0 Å². The molecule has 1 amide bonds. The molecule has 0 saturated heterocycles. The average molecular weight is 257 g/mol. The number of unbranched alkanes of at least 4 members (excludes halogenated alkanes) is 1. The molecule has 0 aliphatic rings. The highest BCUT2D eigenvalue weighted by Crippen LogP contribution is 2.09. The Morgan fingerprint density at radius 3 is 2.42 bits per heavy atom. The van der Waals surface area contributed by atoms with Crippen molar-refractivity contribution in [1.82, 2.24) is 4.90 Å². The van der Waals surface area contributed by atoms with Gasteiger partial charge in [-0.3, -0.25) is 4.79 Å². The molecule has 0 atom stereocenters. The number of hydrogen-bond donors (Lipinski definition) is 0. The average Bonchev–Trinajstić information content (AvgIpc) is 2.44. The fourth-order valence-corrected chi connectivity index (χ4v) is 1.90. The summed E-state index contributed by atoms with van der Waals surface area (Å²) < 4.78 is 0. The Balaban J connectivity index is 2.57. The Bertz CT molecular complexity index is 397. The van der Waals surface area contributed by atoms with Crippen LogP contribution in [0.3, 0.4) is 0 Å². The van der Waals surface area contributed by atoms with Crippen molar-refractivity contribution in [2.24, 2.45) is 0 Å². The van der Waals surface area contributed by atoms with E-state index in [-0.39, 0.29) is 5.91 Å². The van der Waals surface area contributed by atoms with E-state index in [2.05, 4.69) is 25.3 Å². The lowest BCUT2D eigenvalue weighted by molar-refractivity contribution is -0.131. The van der Waals surface area contributed by atoms with Gasteiger partial charge in [-0.15, -0.1) is 13.2 Å². The molecule has 0 saturated carbocycles. The second-order valence-corrected chi connectivity index (χ2v) is 4.56. The van der Waals surface area contributed by atoms with Crippen molar-refractivity contribution in [2.45, 2.75) is 32.2 Å². The summed E-state index contributed by atoms with van der Waals surface area (Å²) in [7, 11) is 0. The van der Waals surface area contributed by atoms with Crippen LogP contribution in [0.5, 0.6) is 0 Å². The molecule has 1 aromatic carbocycles. The zero-order valence-electron chi connectivity index (χ0n) is 11.6. The van der Waals surface area contributed by atoms with E-state index in [1.54, 1.807) is 0 Å². The highest BCUT2D eigenvalue weighted by molar-refractivity contribution is 5.76. The van der Waals surface area contributed by atoms with Crippen molar-refractivity contribution in [3.63, 3.8) is 0 Å². The van der Waals surface area contributed by atoms with Crippen molar-refractivity contribution in [1.29, 1.82) is 0 Å². The van der Waals surface area contributed by atoms with Gasteiger partial charge in [0.2, 0.25) is 5.91 Å². The van der Waals surface area contributed by atoms with Crippen molar-refractivity contribution in [2.75, 3.05) is 6.54 Å². The minimum absolute atomic E-state index is 0.215. The van der Waals surface area contributed by atoms with Crippen LogP contribution >= 0.6 is 0 Å². The van der Waals surface area contributed by atoms with Gasteiger partial charge in [-0.2, -0.15) is 0 Å². The summed E-state index contributed by atoms with van der Waals surface area (Å²) in [6, 6.07) is 10.1. The van der Waals surface area contributed by atoms with E-state index in [0.717, 1.165) is 25.8 Å². The predicted octanol–water partition coefficient (Wildman–Crippen LogP) is 3.95. The van der Waals surface area contributed by atoms with Crippen molar-refractivity contribution < 1.29 is 4.79 Å². The first-order valence-corrected chi connectivity index (χ1v) is 6.81. The number of carbonyl (C=O) groups excluding carboxylic acids is 1. The van der Waals surface area contributed by atoms with Crippen LogP contribution in [0.2, 0.25) is 0 Å². The molecular weight excluding hydrogens is 234 g/mol. The van der Waals surface area contributed by atoms with Crippen molar-refractivity contribution >= 4 is 5.91 Å². The summed E-state index contributed by atoms with van der Waals surface area (Å²) in [5.74, 6) is 0.215. The number of carbonyl (C=O) groups is 1. The third-order valence-electron chi connectivity index (χ3n) is 2.97. The van der Waals surface area contributed by atoms with Gasteiger partial charge in [-0.05, 0) is 24.8 Å². The molecule has 0 bridgehead atoms. The highest BCUT2D eigenvalue weighted by atomic mass is 16.2. The van der Waals surface area contributed by atoms with Gasteiger partial charge >= 0.3 is 0 Å². The zero-order chi connectivity index (χ0) is 13.9. The molecule has 0 spiro atoms. The van der Waals surface area contributed by atoms with Gasteiger partial charge in [0.25, 0.3) is 0 Å². The molecular formula is C17H23NO. The van der Waals surface area contributed by atoms with E-state index >= 15 is 0 Å². The Morgan fingerprint density at radius 1 is 1.11 bits per heavy atom. The molecule has 2 nitrogen and oxygen atoms in total. The lowest BCUT2D eigenvalue weighted by Crippen LogP contribution is -2.31. The third kappa shape index (κ3) is 6.05. The maximum atomic E-state index is 12.2. The zero-order valence-corrected chi connectivity index (χ0v) is 11.6. The molecule has 0 fully saturated rings. The minimum atomic E-state index is 0.215. The van der Waals surface area contributed by atoms with Crippen molar-refractivity contribution in [3.8, 4) is 0 Å². The molecule has 2 heteroatoms. The lowest BCUT2D eigenvalue weighted by atomic mass is 10.1. The Hall–Kier alpha value is -1.83. The van der Waals surface area contributed by atoms with Crippen LogP contribution in [-0.2, 0) is 11.3 Å². The van der Waals surface area contributed by atoms with E-state index in [0.29, 0.717) is 13.0 Å². The number of amides is 1. The normalized spacial score (nSPS) is 9.89. The van der Waals surface area contributed by atoms with Gasteiger partial charge in [0.1, 0.15) is 0 Å². The Labute approximate surface area is 116 Å². The Kier molecular flexibility index (Phi) is 7.33. The summed E-state index contributed by atoms with van der Waals surface area (Å²) in [5, 5.41) is 0. The smallest absolute Gasteiger partial charge is 0.222 e. The third-order valence-corrected chi connectivity index (χ3v) is 2.97. The molecule has 0 aromatic heterocycles. The molecule has 0 heterocycles. The van der Waals surface area contributed by atoms with Crippen LogP contribution in [0.15, 0.2) is 55.6 Å². The first-order chi connectivity index (χ1) is 9.27. The number of rotatable bonds is 9. The summed E-state index contributed by atoms with van der Waals surface area (Å²) >= 11 is 0. The number of allylic oxidation sites excluding steroid dienone is 1. The molecule has 0 aliphatic heterocycles. The SMILES string of the molecule is C=CCCCC(=O)N(CCC=C)Cc1ccccc1. The summed E-state index contributed by atoms with van der Waals surface area (Å²) in [6.45, 7) is 8.83. The van der Waals surface area contributed by atoms with E-state index in [9.17, 15) is 4.79 Å². The van der Waals surface area contributed by atoms with Crippen LogP contribution in [-0.4, -0.2) is 17.4 Å². The molecule has 0 radical (unpaired) electrons. The van der Waals surface area contributed by atoms with Crippen LogP contribution in [0.1, 0.15) is 31.2 Å². The van der Waals surface area contributed by atoms with E-state index in [4.69, 9.17) is 0 Å². The highest BCUT2D eigenvalue weighted by Gasteiger charge is 2.12. The van der Waals surface area contributed by atoms with Gasteiger partial charge in [0, 0.05) is 19.5 Å². The van der Waals surface area contributed by atoms with E-state index in [1.165, 1.54) is 5.56 Å². The fourth-order valence-electron chi connectivity index (χ4n) is 1.90. The van der Waals surface area contributed by atoms with Crippen LogP contribution in [0.4, 0.5) is 0 Å². The van der Waals surface area contributed by atoms with Gasteiger partial charge in [-0.25, -0.2) is 0 Å². The number of benzene rings is 1. The monoisotopic (exact) mass is 257 g/mol. The van der Waals surface area contributed by atoms with Gasteiger partial charge in [-0.1, -0.05) is 42.5 Å². The van der Waals surface area contributed by atoms with Crippen LogP contribution < -0.4 is 0 Å². The summed E-state index contributed by atoms with van der Waals surface area (Å²) in [5.41, 5.74) is 1.17. The standard InChI is InChI=1S/C17H23NO/c1-3-5-8-13-17(19)18(14-6-4-2)15-16-11-9-7-10-12-16/h3-4,7,9-12H,1-2,5-6,8,13-15H2. The van der Waals surface area contributed by atoms with Crippen molar-refractivity contribution in [3.05, 3.63) is 61.2 Å². The predicted molar refractivity (Wildman–Crippen MR) is 80.7 cm³/mol.